The highest BCUT2D eigenvalue weighted by Crippen LogP contribution is 2.28. The number of aromatic nitrogens is 2. The first-order valence-electron chi connectivity index (χ1n) is 9.07. The summed E-state index contributed by atoms with van der Waals surface area (Å²) in [6.45, 7) is 2.11. The van der Waals surface area contributed by atoms with Crippen LogP contribution in [0.2, 0.25) is 0 Å². The molecule has 1 aliphatic heterocycles. The third kappa shape index (κ3) is 4.24. The van der Waals surface area contributed by atoms with Crippen LogP contribution in [0.15, 0.2) is 53.1 Å². The van der Waals surface area contributed by atoms with Crippen LogP contribution < -0.4 is 0 Å². The van der Waals surface area contributed by atoms with Gasteiger partial charge in [0.05, 0.1) is 0 Å². The van der Waals surface area contributed by atoms with Gasteiger partial charge in [-0.1, -0.05) is 23.1 Å². The highest BCUT2D eigenvalue weighted by Gasteiger charge is 2.23. The van der Waals surface area contributed by atoms with Crippen LogP contribution in [0.25, 0.3) is 11.4 Å². The second kappa shape index (κ2) is 7.73. The lowest BCUT2D eigenvalue weighted by atomic mass is 9.97. The van der Waals surface area contributed by atoms with Crippen LogP contribution in [0.3, 0.4) is 0 Å². The molecule has 136 valence electrons. The van der Waals surface area contributed by atoms with Crippen molar-refractivity contribution in [3.05, 3.63) is 71.4 Å². The van der Waals surface area contributed by atoms with Crippen LogP contribution >= 0.6 is 0 Å². The molecule has 0 radical (unpaired) electrons. The Hall–Kier alpha value is -2.97. The summed E-state index contributed by atoms with van der Waals surface area (Å²) in [7, 11) is 2.13. The first kappa shape index (κ1) is 17.4. The normalized spacial score (nSPS) is 15.3. The predicted molar refractivity (Wildman–Crippen MR) is 102 cm³/mol. The molecule has 3 aromatic rings. The molecular formula is C22H20FN3O. The van der Waals surface area contributed by atoms with E-state index in [-0.39, 0.29) is 5.82 Å². The minimum absolute atomic E-state index is 0.283. The molecular weight excluding hydrogens is 341 g/mol. The number of nitrogens with zero attached hydrogens (tertiary/aromatic N) is 3. The lowest BCUT2D eigenvalue weighted by Gasteiger charge is -2.26. The summed E-state index contributed by atoms with van der Waals surface area (Å²) in [6.07, 6.45) is 2.10. The van der Waals surface area contributed by atoms with Crippen molar-refractivity contribution >= 4 is 0 Å². The molecule has 1 saturated heterocycles. The topological polar surface area (TPSA) is 42.2 Å². The smallest absolute Gasteiger partial charge is 0.230 e. The molecule has 1 aromatic heterocycles. The average molecular weight is 361 g/mol. The molecule has 0 atom stereocenters. The van der Waals surface area contributed by atoms with Crippen LogP contribution in [-0.4, -0.2) is 35.2 Å². The fraction of sp³-hybridized carbons (Fsp3) is 0.273. The van der Waals surface area contributed by atoms with Gasteiger partial charge in [-0.3, -0.25) is 0 Å². The lowest BCUT2D eigenvalue weighted by Crippen LogP contribution is -2.29. The van der Waals surface area contributed by atoms with E-state index in [0.717, 1.165) is 42.9 Å². The molecule has 0 spiro atoms. The van der Waals surface area contributed by atoms with Crippen molar-refractivity contribution in [1.82, 2.24) is 15.0 Å². The Kier molecular flexibility index (Phi) is 4.99. The maximum Gasteiger partial charge on any atom is 0.230 e. The van der Waals surface area contributed by atoms with Crippen molar-refractivity contribution in [3.63, 3.8) is 0 Å². The van der Waals surface area contributed by atoms with E-state index >= 15 is 0 Å². The number of halogens is 1. The van der Waals surface area contributed by atoms with Crippen LogP contribution in [0.5, 0.6) is 0 Å². The van der Waals surface area contributed by atoms with Gasteiger partial charge in [0, 0.05) is 22.6 Å². The number of likely N-dealkylation sites (tertiary alicyclic amines) is 1. The number of piperidine rings is 1. The Bertz CT molecular complexity index is 977. The second-order valence-electron chi connectivity index (χ2n) is 6.87. The first-order valence-corrected chi connectivity index (χ1v) is 9.07. The van der Waals surface area contributed by atoms with Gasteiger partial charge in [0.25, 0.3) is 0 Å². The molecule has 0 N–H and O–H groups in total. The van der Waals surface area contributed by atoms with Gasteiger partial charge in [0.15, 0.2) is 0 Å². The predicted octanol–water partition coefficient (Wildman–Crippen LogP) is 4.08. The zero-order valence-corrected chi connectivity index (χ0v) is 15.2. The third-order valence-corrected chi connectivity index (χ3v) is 4.83. The van der Waals surface area contributed by atoms with E-state index in [1.54, 1.807) is 12.1 Å². The first-order chi connectivity index (χ1) is 13.2. The van der Waals surface area contributed by atoms with Gasteiger partial charge in [-0.25, -0.2) is 4.39 Å². The average Bonchev–Trinajstić information content (AvgIpc) is 3.18. The number of hydrogen-bond acceptors (Lipinski definition) is 4. The van der Waals surface area contributed by atoms with Crippen LogP contribution in [0, 0.1) is 17.7 Å². The Morgan fingerprint density at radius 1 is 1.04 bits per heavy atom. The molecule has 0 amide bonds. The molecule has 0 aliphatic carbocycles. The van der Waals surface area contributed by atoms with Crippen molar-refractivity contribution in [2.24, 2.45) is 0 Å². The summed E-state index contributed by atoms with van der Waals surface area (Å²) in [4.78, 5) is 6.90. The maximum absolute atomic E-state index is 13.2. The fourth-order valence-electron chi connectivity index (χ4n) is 3.19. The minimum atomic E-state index is -0.283. The SMILES string of the molecule is CN1CCC(c2nc(-c3ccc(C#Cc4cccc(F)c4)cc3)no2)CC1. The lowest BCUT2D eigenvalue weighted by molar-refractivity contribution is 0.227. The van der Waals surface area contributed by atoms with Gasteiger partial charge in [0.2, 0.25) is 11.7 Å². The van der Waals surface area contributed by atoms with E-state index in [4.69, 9.17) is 4.52 Å². The highest BCUT2D eigenvalue weighted by atomic mass is 19.1. The fourth-order valence-corrected chi connectivity index (χ4v) is 3.19. The second-order valence-corrected chi connectivity index (χ2v) is 6.87. The zero-order chi connectivity index (χ0) is 18.6. The number of benzene rings is 2. The Morgan fingerprint density at radius 3 is 2.52 bits per heavy atom. The summed E-state index contributed by atoms with van der Waals surface area (Å²) in [5.41, 5.74) is 2.40. The van der Waals surface area contributed by atoms with E-state index < -0.39 is 0 Å². The Morgan fingerprint density at radius 2 is 1.78 bits per heavy atom. The summed E-state index contributed by atoms with van der Waals surface area (Å²) >= 11 is 0. The van der Waals surface area contributed by atoms with Crippen LogP contribution in [0.1, 0.15) is 35.8 Å². The molecule has 0 bridgehead atoms. The molecule has 1 aliphatic rings. The van der Waals surface area contributed by atoms with Crippen molar-refractivity contribution < 1.29 is 8.91 Å². The molecule has 2 aromatic carbocycles. The van der Waals surface area contributed by atoms with E-state index in [0.29, 0.717) is 17.3 Å². The molecule has 1 fully saturated rings. The van der Waals surface area contributed by atoms with Gasteiger partial charge in [0.1, 0.15) is 5.82 Å². The Labute approximate surface area is 158 Å². The largest absolute Gasteiger partial charge is 0.339 e. The van der Waals surface area contributed by atoms with Gasteiger partial charge >= 0.3 is 0 Å². The maximum atomic E-state index is 13.2. The van der Waals surface area contributed by atoms with Crippen molar-refractivity contribution in [3.8, 4) is 23.2 Å². The summed E-state index contributed by atoms with van der Waals surface area (Å²) in [6, 6.07) is 13.9. The summed E-state index contributed by atoms with van der Waals surface area (Å²) in [5, 5.41) is 4.14. The number of hydrogen-bond donors (Lipinski definition) is 0. The van der Waals surface area contributed by atoms with Crippen LogP contribution in [-0.2, 0) is 0 Å². The van der Waals surface area contributed by atoms with Crippen molar-refractivity contribution in [2.75, 3.05) is 20.1 Å². The van der Waals surface area contributed by atoms with E-state index in [9.17, 15) is 4.39 Å². The van der Waals surface area contributed by atoms with Crippen LogP contribution in [0.4, 0.5) is 4.39 Å². The van der Waals surface area contributed by atoms with Gasteiger partial charge in [-0.05, 0) is 75.4 Å². The van der Waals surface area contributed by atoms with Gasteiger partial charge < -0.3 is 9.42 Å². The quantitative estimate of drug-likeness (QED) is 0.645. The minimum Gasteiger partial charge on any atom is -0.339 e. The van der Waals surface area contributed by atoms with E-state index in [1.165, 1.54) is 12.1 Å². The van der Waals surface area contributed by atoms with Gasteiger partial charge in [-0.2, -0.15) is 4.98 Å². The zero-order valence-electron chi connectivity index (χ0n) is 15.2. The third-order valence-electron chi connectivity index (χ3n) is 4.83. The van der Waals surface area contributed by atoms with E-state index in [2.05, 4.69) is 33.9 Å². The Balaban J connectivity index is 1.47. The van der Waals surface area contributed by atoms with Crippen molar-refractivity contribution in [1.29, 1.82) is 0 Å². The molecule has 27 heavy (non-hydrogen) atoms. The molecule has 4 nitrogen and oxygen atoms in total. The molecule has 2 heterocycles. The van der Waals surface area contributed by atoms with Crippen molar-refractivity contribution in [2.45, 2.75) is 18.8 Å². The molecule has 0 unspecified atom stereocenters. The summed E-state index contributed by atoms with van der Waals surface area (Å²) < 4.78 is 18.7. The molecule has 0 saturated carbocycles. The van der Waals surface area contributed by atoms with E-state index in [1.807, 2.05) is 24.3 Å². The number of rotatable bonds is 2. The molecule has 4 rings (SSSR count). The highest BCUT2D eigenvalue weighted by molar-refractivity contribution is 5.56. The standard InChI is InChI=1S/C22H20FN3O/c1-26-13-11-19(12-14-26)22-24-21(25-27-22)18-9-7-16(8-10-18)5-6-17-3-2-4-20(23)15-17/h2-4,7-10,15,19H,11-14H2,1H3. The van der Waals surface area contributed by atoms with Gasteiger partial charge in [-0.15, -0.1) is 0 Å². The molecule has 5 heteroatoms. The summed E-state index contributed by atoms with van der Waals surface area (Å²) in [5.74, 6) is 7.41. The monoisotopic (exact) mass is 361 g/mol.